The molecule has 4 rings (SSSR count). The molecule has 2 amide bonds. The molecule has 7 nitrogen and oxygen atoms in total. The number of carboxylic acid groups (broad SMARTS) is 1. The van der Waals surface area contributed by atoms with Crippen LogP contribution in [0.25, 0.3) is 11.1 Å². The Bertz CT molecular complexity index is 1040. The molecule has 2 aromatic rings. The Labute approximate surface area is 195 Å². The first-order valence-electron chi connectivity index (χ1n) is 11.2. The van der Waals surface area contributed by atoms with Gasteiger partial charge in [0.05, 0.1) is 5.92 Å². The van der Waals surface area contributed by atoms with Crippen LogP contribution >= 0.6 is 0 Å². The second kappa shape index (κ2) is 9.79. The third-order valence-electron chi connectivity index (χ3n) is 6.71. The average Bonchev–Trinajstić information content (AvgIpc) is 3.09. The normalized spacial score (nSPS) is 19.5. The van der Waals surface area contributed by atoms with E-state index in [2.05, 4.69) is 5.32 Å². The summed E-state index contributed by atoms with van der Waals surface area (Å²) in [5, 5.41) is 11.3. The third-order valence-corrected chi connectivity index (χ3v) is 6.71. The molecule has 1 unspecified atom stereocenters. The van der Waals surface area contributed by atoms with Crippen molar-refractivity contribution in [3.63, 3.8) is 0 Å². The number of rotatable bonds is 8. The van der Waals surface area contributed by atoms with Gasteiger partial charge in [0.2, 0.25) is 12.3 Å². The van der Waals surface area contributed by atoms with E-state index in [0.29, 0.717) is 0 Å². The molecule has 180 valence electrons. The first-order valence-corrected chi connectivity index (χ1v) is 11.2. The molecule has 0 saturated heterocycles. The summed E-state index contributed by atoms with van der Waals surface area (Å²) in [5.41, 5.74) is 4.13. The zero-order chi connectivity index (χ0) is 24.4. The fourth-order valence-corrected chi connectivity index (χ4v) is 4.71. The van der Waals surface area contributed by atoms with Crippen LogP contribution in [-0.4, -0.2) is 60.1 Å². The fourth-order valence-electron chi connectivity index (χ4n) is 4.71. The Morgan fingerprint density at radius 3 is 2.15 bits per heavy atom. The highest BCUT2D eigenvalue weighted by Gasteiger charge is 2.40. The minimum atomic E-state index is -2.82. The molecular formula is C25H26F2N2O5. The van der Waals surface area contributed by atoms with Gasteiger partial charge in [-0.1, -0.05) is 48.5 Å². The number of carbonyl (C=O) groups excluding carboxylic acids is 2. The SMILES string of the molecule is CN(C(=O)C(CC(F)F)NC(=O)OCC1c2ccccc2-c2ccccc21)C1CC(C(=O)O)C1. The Balaban J connectivity index is 1.39. The smallest absolute Gasteiger partial charge is 0.407 e. The standard InChI is InChI=1S/C25H26F2N2O5/c1-29(15-10-14(11-15)24(31)32)23(30)21(12-22(26)27)28-25(33)34-13-20-18-8-4-2-6-16(18)17-7-3-5-9-19(17)20/h2-9,14-15,20-22H,10-13H2,1H3,(H,28,33)(H,31,32). The molecule has 0 heterocycles. The number of carbonyl (C=O) groups is 3. The molecule has 0 aliphatic heterocycles. The average molecular weight is 472 g/mol. The maximum Gasteiger partial charge on any atom is 0.407 e. The molecular weight excluding hydrogens is 446 g/mol. The van der Waals surface area contributed by atoms with Gasteiger partial charge in [-0.05, 0) is 35.1 Å². The van der Waals surface area contributed by atoms with E-state index in [9.17, 15) is 23.2 Å². The van der Waals surface area contributed by atoms with E-state index in [4.69, 9.17) is 9.84 Å². The first kappa shape index (κ1) is 23.7. The molecule has 2 aromatic carbocycles. The van der Waals surface area contributed by atoms with Gasteiger partial charge in [-0.2, -0.15) is 0 Å². The van der Waals surface area contributed by atoms with Crippen LogP contribution in [0.15, 0.2) is 48.5 Å². The minimum Gasteiger partial charge on any atom is -0.481 e. The highest BCUT2D eigenvalue weighted by molar-refractivity contribution is 5.86. The number of nitrogens with one attached hydrogen (secondary N) is 1. The van der Waals surface area contributed by atoms with Crippen molar-refractivity contribution in [1.29, 1.82) is 0 Å². The number of fused-ring (bicyclic) bond motifs is 3. The van der Waals surface area contributed by atoms with Crippen LogP contribution in [-0.2, 0) is 14.3 Å². The van der Waals surface area contributed by atoms with Crippen LogP contribution in [0.1, 0.15) is 36.3 Å². The molecule has 34 heavy (non-hydrogen) atoms. The van der Waals surface area contributed by atoms with Crippen molar-refractivity contribution in [3.05, 3.63) is 59.7 Å². The van der Waals surface area contributed by atoms with E-state index in [1.54, 1.807) is 0 Å². The van der Waals surface area contributed by atoms with Gasteiger partial charge in [0.1, 0.15) is 12.6 Å². The van der Waals surface area contributed by atoms with Crippen LogP contribution in [0.2, 0.25) is 0 Å². The number of carboxylic acids is 1. The predicted octanol–water partition coefficient (Wildman–Crippen LogP) is 3.87. The van der Waals surface area contributed by atoms with Crippen LogP contribution in [0.5, 0.6) is 0 Å². The topological polar surface area (TPSA) is 95.9 Å². The van der Waals surface area contributed by atoms with Gasteiger partial charge in [0.25, 0.3) is 0 Å². The first-order chi connectivity index (χ1) is 16.3. The van der Waals surface area contributed by atoms with Gasteiger partial charge >= 0.3 is 12.1 Å². The summed E-state index contributed by atoms with van der Waals surface area (Å²) in [6.45, 7) is -0.00575. The number of alkyl halides is 2. The number of aliphatic carboxylic acids is 1. The van der Waals surface area contributed by atoms with Crippen molar-refractivity contribution in [3.8, 4) is 11.1 Å². The van der Waals surface area contributed by atoms with Gasteiger partial charge in [-0.15, -0.1) is 0 Å². The lowest BCUT2D eigenvalue weighted by atomic mass is 9.79. The third kappa shape index (κ3) is 4.73. The van der Waals surface area contributed by atoms with Gasteiger partial charge < -0.3 is 20.1 Å². The number of hydrogen-bond acceptors (Lipinski definition) is 4. The van der Waals surface area contributed by atoms with E-state index in [1.807, 2.05) is 48.5 Å². The molecule has 0 spiro atoms. The summed E-state index contributed by atoms with van der Waals surface area (Å²) in [4.78, 5) is 37.5. The van der Waals surface area contributed by atoms with Crippen LogP contribution in [0.3, 0.4) is 0 Å². The van der Waals surface area contributed by atoms with Crippen LogP contribution in [0, 0.1) is 5.92 Å². The summed E-state index contributed by atoms with van der Waals surface area (Å²) in [7, 11) is 1.43. The molecule has 2 aliphatic rings. The van der Waals surface area contributed by atoms with Crippen molar-refractivity contribution < 1.29 is 33.0 Å². The van der Waals surface area contributed by atoms with Gasteiger partial charge in [0.15, 0.2) is 0 Å². The quantitative estimate of drug-likeness (QED) is 0.608. The highest BCUT2D eigenvalue weighted by atomic mass is 19.3. The maximum absolute atomic E-state index is 13.1. The van der Waals surface area contributed by atoms with Crippen LogP contribution in [0.4, 0.5) is 13.6 Å². The van der Waals surface area contributed by atoms with Crippen molar-refractivity contribution in [2.75, 3.05) is 13.7 Å². The summed E-state index contributed by atoms with van der Waals surface area (Å²) in [5.74, 6) is -2.39. The van der Waals surface area contributed by atoms with Gasteiger partial charge in [-0.25, -0.2) is 13.6 Å². The molecule has 1 saturated carbocycles. The van der Waals surface area contributed by atoms with Gasteiger partial charge in [0, 0.05) is 25.4 Å². The van der Waals surface area contributed by atoms with Crippen molar-refractivity contribution >= 4 is 18.0 Å². The van der Waals surface area contributed by atoms with Crippen LogP contribution < -0.4 is 5.32 Å². The molecule has 1 atom stereocenters. The fraction of sp³-hybridized carbons (Fsp3) is 0.400. The van der Waals surface area contributed by atoms with E-state index >= 15 is 0 Å². The summed E-state index contributed by atoms with van der Waals surface area (Å²) in [6, 6.07) is 13.8. The number of amides is 2. The summed E-state index contributed by atoms with van der Waals surface area (Å²) < 4.78 is 31.7. The molecule has 9 heteroatoms. The number of ether oxygens (including phenoxy) is 1. The second-order valence-corrected chi connectivity index (χ2v) is 8.76. The number of alkyl carbamates (subject to hydrolysis) is 1. The van der Waals surface area contributed by atoms with E-state index in [-0.39, 0.29) is 31.4 Å². The summed E-state index contributed by atoms with van der Waals surface area (Å²) in [6.07, 6.45) is -4.12. The lowest BCUT2D eigenvalue weighted by Crippen LogP contribution is -2.54. The molecule has 0 aromatic heterocycles. The number of benzene rings is 2. The highest BCUT2D eigenvalue weighted by Crippen LogP contribution is 2.44. The Morgan fingerprint density at radius 2 is 1.62 bits per heavy atom. The number of halogens is 2. The van der Waals surface area contributed by atoms with Crippen molar-refractivity contribution in [2.24, 2.45) is 5.92 Å². The largest absolute Gasteiger partial charge is 0.481 e. The molecule has 0 radical (unpaired) electrons. The van der Waals surface area contributed by atoms with E-state index in [0.717, 1.165) is 22.3 Å². The zero-order valence-electron chi connectivity index (χ0n) is 18.6. The van der Waals surface area contributed by atoms with Crippen molar-refractivity contribution in [2.45, 2.75) is 43.7 Å². The Hall–Kier alpha value is -3.49. The lowest BCUT2D eigenvalue weighted by molar-refractivity contribution is -0.150. The molecule has 0 bridgehead atoms. The van der Waals surface area contributed by atoms with Gasteiger partial charge in [-0.3, -0.25) is 9.59 Å². The minimum absolute atomic E-state index is 0.00575. The Morgan fingerprint density at radius 1 is 1.06 bits per heavy atom. The summed E-state index contributed by atoms with van der Waals surface area (Å²) >= 11 is 0. The number of nitrogens with zero attached hydrogens (tertiary/aromatic N) is 1. The molecule has 1 fully saturated rings. The van der Waals surface area contributed by atoms with E-state index < -0.39 is 42.8 Å². The van der Waals surface area contributed by atoms with Crippen molar-refractivity contribution in [1.82, 2.24) is 10.2 Å². The predicted molar refractivity (Wildman–Crippen MR) is 120 cm³/mol. The zero-order valence-corrected chi connectivity index (χ0v) is 18.6. The second-order valence-electron chi connectivity index (χ2n) is 8.76. The monoisotopic (exact) mass is 472 g/mol. The number of likely N-dealkylation sites (N-methyl/N-ethyl adjacent to an activating group) is 1. The maximum atomic E-state index is 13.1. The molecule has 2 aliphatic carbocycles. The van der Waals surface area contributed by atoms with E-state index in [1.165, 1.54) is 11.9 Å². The number of hydrogen-bond donors (Lipinski definition) is 2. The Kier molecular flexibility index (Phi) is 6.81. The lowest BCUT2D eigenvalue weighted by Gasteiger charge is -2.40. The molecule has 2 N–H and O–H groups in total.